The average Bonchev–Trinajstić information content (AvgIpc) is 2.65. The Morgan fingerprint density at radius 3 is 2.76 bits per heavy atom. The first-order chi connectivity index (χ1) is 8.15. The SMILES string of the molecule is CCCCCCNCc1cc(C(=O)O)c(C)o1. The van der Waals surface area contributed by atoms with Crippen LogP contribution >= 0.6 is 0 Å². The molecule has 4 nitrogen and oxygen atoms in total. The summed E-state index contributed by atoms with van der Waals surface area (Å²) in [6.07, 6.45) is 4.89. The number of hydrogen-bond acceptors (Lipinski definition) is 3. The van der Waals surface area contributed by atoms with Crippen LogP contribution in [-0.4, -0.2) is 17.6 Å². The minimum atomic E-state index is -0.930. The Morgan fingerprint density at radius 1 is 1.41 bits per heavy atom. The number of furan rings is 1. The molecule has 0 saturated carbocycles. The first kappa shape index (κ1) is 13.8. The predicted octanol–water partition coefficient (Wildman–Crippen LogP) is 2.96. The normalized spacial score (nSPS) is 10.7. The van der Waals surface area contributed by atoms with Crippen molar-refractivity contribution in [2.24, 2.45) is 0 Å². The molecule has 1 aromatic heterocycles. The minimum absolute atomic E-state index is 0.257. The molecule has 0 unspecified atom stereocenters. The predicted molar refractivity (Wildman–Crippen MR) is 66.3 cm³/mol. The van der Waals surface area contributed by atoms with E-state index in [1.807, 2.05) is 0 Å². The molecule has 1 heterocycles. The van der Waals surface area contributed by atoms with E-state index in [0.29, 0.717) is 18.1 Å². The zero-order valence-electron chi connectivity index (χ0n) is 10.6. The van der Waals surface area contributed by atoms with Gasteiger partial charge in [0.1, 0.15) is 17.1 Å². The summed E-state index contributed by atoms with van der Waals surface area (Å²) in [4.78, 5) is 10.8. The van der Waals surface area contributed by atoms with Gasteiger partial charge in [-0.3, -0.25) is 0 Å². The molecule has 0 spiro atoms. The van der Waals surface area contributed by atoms with Gasteiger partial charge in [0.25, 0.3) is 0 Å². The van der Waals surface area contributed by atoms with Gasteiger partial charge in [0.05, 0.1) is 6.54 Å². The van der Waals surface area contributed by atoms with Crippen LogP contribution in [0.5, 0.6) is 0 Å². The topological polar surface area (TPSA) is 62.5 Å². The second-order valence-corrected chi connectivity index (χ2v) is 4.23. The molecule has 0 aliphatic heterocycles. The van der Waals surface area contributed by atoms with Crippen LogP contribution in [0, 0.1) is 6.92 Å². The number of unbranched alkanes of at least 4 members (excludes halogenated alkanes) is 3. The Morgan fingerprint density at radius 2 is 2.18 bits per heavy atom. The molecule has 17 heavy (non-hydrogen) atoms. The zero-order chi connectivity index (χ0) is 12.7. The average molecular weight is 239 g/mol. The standard InChI is InChI=1S/C13H21NO3/c1-3-4-5-6-7-14-9-11-8-12(13(15)16)10(2)17-11/h8,14H,3-7,9H2,1-2H3,(H,15,16). The number of hydrogen-bond donors (Lipinski definition) is 2. The first-order valence-electron chi connectivity index (χ1n) is 6.18. The van der Waals surface area contributed by atoms with Crippen LogP contribution in [0.2, 0.25) is 0 Å². The Balaban J connectivity index is 2.27. The van der Waals surface area contributed by atoms with Gasteiger partial charge in [-0.05, 0) is 26.0 Å². The third-order valence-corrected chi connectivity index (χ3v) is 2.71. The molecule has 1 rings (SSSR count). The van der Waals surface area contributed by atoms with Crippen LogP contribution < -0.4 is 5.32 Å². The van der Waals surface area contributed by atoms with Gasteiger partial charge < -0.3 is 14.8 Å². The Hall–Kier alpha value is -1.29. The summed E-state index contributed by atoms with van der Waals surface area (Å²) in [5, 5.41) is 12.1. The highest BCUT2D eigenvalue weighted by molar-refractivity contribution is 5.88. The second kappa shape index (κ2) is 7.12. The lowest BCUT2D eigenvalue weighted by Gasteiger charge is -2.01. The molecular weight excluding hydrogens is 218 g/mol. The van der Waals surface area contributed by atoms with E-state index in [9.17, 15) is 4.79 Å². The van der Waals surface area contributed by atoms with Gasteiger partial charge >= 0.3 is 5.97 Å². The number of carboxylic acid groups (broad SMARTS) is 1. The Labute approximate surface area is 102 Å². The van der Waals surface area contributed by atoms with Crippen molar-refractivity contribution in [1.29, 1.82) is 0 Å². The van der Waals surface area contributed by atoms with Crippen molar-refractivity contribution in [3.8, 4) is 0 Å². The smallest absolute Gasteiger partial charge is 0.339 e. The summed E-state index contributed by atoms with van der Waals surface area (Å²) in [6.45, 7) is 5.41. The molecule has 2 N–H and O–H groups in total. The fourth-order valence-corrected chi connectivity index (χ4v) is 1.73. The Bertz CT molecular complexity index is 358. The highest BCUT2D eigenvalue weighted by atomic mass is 16.4. The van der Waals surface area contributed by atoms with Crippen molar-refractivity contribution in [3.05, 3.63) is 23.2 Å². The van der Waals surface area contributed by atoms with Crippen LogP contribution in [-0.2, 0) is 6.54 Å². The third-order valence-electron chi connectivity index (χ3n) is 2.71. The van der Waals surface area contributed by atoms with Gasteiger partial charge in [0.2, 0.25) is 0 Å². The molecule has 4 heteroatoms. The van der Waals surface area contributed by atoms with Crippen molar-refractivity contribution >= 4 is 5.97 Å². The summed E-state index contributed by atoms with van der Waals surface area (Å²) in [6, 6.07) is 1.59. The molecule has 0 saturated heterocycles. The second-order valence-electron chi connectivity index (χ2n) is 4.23. The van der Waals surface area contributed by atoms with E-state index in [1.165, 1.54) is 19.3 Å². The molecule has 96 valence electrons. The summed E-state index contributed by atoms with van der Waals surface area (Å²) in [5.74, 6) is 0.233. The lowest BCUT2D eigenvalue weighted by atomic mass is 10.2. The molecule has 0 aliphatic carbocycles. The van der Waals surface area contributed by atoms with Crippen LogP contribution in [0.1, 0.15) is 54.5 Å². The summed E-state index contributed by atoms with van der Waals surface area (Å²) in [5.41, 5.74) is 0.257. The first-order valence-corrected chi connectivity index (χ1v) is 6.18. The minimum Gasteiger partial charge on any atom is -0.478 e. The quantitative estimate of drug-likeness (QED) is 0.685. The molecule has 0 amide bonds. The van der Waals surface area contributed by atoms with Gasteiger partial charge in [-0.15, -0.1) is 0 Å². The van der Waals surface area contributed by atoms with Crippen molar-refractivity contribution < 1.29 is 14.3 Å². The molecule has 0 radical (unpaired) electrons. The molecule has 0 bridgehead atoms. The van der Waals surface area contributed by atoms with Gasteiger partial charge in [-0.1, -0.05) is 26.2 Å². The lowest BCUT2D eigenvalue weighted by Crippen LogP contribution is -2.14. The van der Waals surface area contributed by atoms with E-state index in [2.05, 4.69) is 12.2 Å². The summed E-state index contributed by atoms with van der Waals surface area (Å²) >= 11 is 0. The maximum atomic E-state index is 10.8. The fraction of sp³-hybridized carbons (Fsp3) is 0.615. The van der Waals surface area contributed by atoms with Gasteiger partial charge in [0, 0.05) is 0 Å². The number of aryl methyl sites for hydroxylation is 1. The highest BCUT2D eigenvalue weighted by Gasteiger charge is 2.12. The molecule has 1 aromatic rings. The van der Waals surface area contributed by atoms with Crippen LogP contribution in [0.25, 0.3) is 0 Å². The maximum absolute atomic E-state index is 10.8. The van der Waals surface area contributed by atoms with Crippen LogP contribution in [0.4, 0.5) is 0 Å². The van der Waals surface area contributed by atoms with Gasteiger partial charge in [-0.25, -0.2) is 4.79 Å². The summed E-state index contributed by atoms with van der Waals surface area (Å²) in [7, 11) is 0. The number of nitrogens with one attached hydrogen (secondary N) is 1. The molecule has 0 aromatic carbocycles. The van der Waals surface area contributed by atoms with Gasteiger partial charge in [0.15, 0.2) is 0 Å². The summed E-state index contributed by atoms with van der Waals surface area (Å²) < 4.78 is 5.36. The van der Waals surface area contributed by atoms with Gasteiger partial charge in [-0.2, -0.15) is 0 Å². The molecular formula is C13H21NO3. The van der Waals surface area contributed by atoms with Crippen molar-refractivity contribution in [2.45, 2.75) is 46.1 Å². The van der Waals surface area contributed by atoms with E-state index in [0.717, 1.165) is 13.0 Å². The van der Waals surface area contributed by atoms with E-state index in [1.54, 1.807) is 13.0 Å². The zero-order valence-corrected chi connectivity index (χ0v) is 10.6. The lowest BCUT2D eigenvalue weighted by molar-refractivity contribution is 0.0695. The van der Waals surface area contributed by atoms with Crippen LogP contribution in [0.3, 0.4) is 0 Å². The molecule has 0 fully saturated rings. The van der Waals surface area contributed by atoms with E-state index >= 15 is 0 Å². The molecule has 0 atom stereocenters. The maximum Gasteiger partial charge on any atom is 0.339 e. The number of aromatic carboxylic acids is 1. The van der Waals surface area contributed by atoms with Crippen LogP contribution in [0.15, 0.2) is 10.5 Å². The van der Waals surface area contributed by atoms with E-state index in [-0.39, 0.29) is 5.56 Å². The monoisotopic (exact) mass is 239 g/mol. The van der Waals surface area contributed by atoms with Crippen molar-refractivity contribution in [3.63, 3.8) is 0 Å². The Kier molecular flexibility index (Phi) is 5.77. The highest BCUT2D eigenvalue weighted by Crippen LogP contribution is 2.14. The molecule has 0 aliphatic rings. The largest absolute Gasteiger partial charge is 0.478 e. The fourth-order valence-electron chi connectivity index (χ4n) is 1.73. The number of rotatable bonds is 8. The third kappa shape index (κ3) is 4.61. The van der Waals surface area contributed by atoms with E-state index < -0.39 is 5.97 Å². The van der Waals surface area contributed by atoms with Crippen molar-refractivity contribution in [2.75, 3.05) is 6.54 Å². The number of carboxylic acids is 1. The van der Waals surface area contributed by atoms with Crippen molar-refractivity contribution in [1.82, 2.24) is 5.32 Å². The number of carbonyl (C=O) groups is 1. The van der Waals surface area contributed by atoms with E-state index in [4.69, 9.17) is 9.52 Å².